The molecule has 0 unspecified atom stereocenters. The fourth-order valence-electron chi connectivity index (χ4n) is 1.43. The summed E-state index contributed by atoms with van der Waals surface area (Å²) in [6.07, 6.45) is 0.643. The van der Waals surface area contributed by atoms with Crippen LogP contribution < -0.4 is 4.90 Å². The highest BCUT2D eigenvalue weighted by atomic mass is 16.6. The SMILES string of the molecule is CC(C)(C)OC(=O)N(CCC=O)c1ccccc1. The van der Waals surface area contributed by atoms with Crippen LogP contribution in [-0.2, 0) is 9.53 Å². The molecule has 0 heterocycles. The van der Waals surface area contributed by atoms with Crippen LogP contribution in [0, 0.1) is 0 Å². The predicted molar refractivity (Wildman–Crippen MR) is 70.7 cm³/mol. The zero-order valence-corrected chi connectivity index (χ0v) is 11.1. The molecule has 1 amide bonds. The number of carbonyl (C=O) groups is 2. The van der Waals surface area contributed by atoms with E-state index in [1.54, 1.807) is 0 Å². The Labute approximate surface area is 108 Å². The summed E-state index contributed by atoms with van der Waals surface area (Å²) in [6, 6.07) is 9.18. The third-order valence-electron chi connectivity index (χ3n) is 2.15. The molecule has 0 aliphatic rings. The van der Waals surface area contributed by atoms with Gasteiger partial charge in [0.25, 0.3) is 0 Å². The number of hydrogen-bond acceptors (Lipinski definition) is 3. The van der Waals surface area contributed by atoms with Gasteiger partial charge in [0.15, 0.2) is 0 Å². The molecular weight excluding hydrogens is 230 g/mol. The van der Waals surface area contributed by atoms with Crippen molar-refractivity contribution in [2.45, 2.75) is 32.8 Å². The summed E-state index contributed by atoms with van der Waals surface area (Å²) >= 11 is 0. The van der Waals surface area contributed by atoms with E-state index in [0.717, 1.165) is 12.0 Å². The first-order valence-corrected chi connectivity index (χ1v) is 5.93. The lowest BCUT2D eigenvalue weighted by Crippen LogP contribution is -2.37. The summed E-state index contributed by atoms with van der Waals surface area (Å²) in [5.74, 6) is 0. The number of carbonyl (C=O) groups excluding carboxylic acids is 2. The standard InChI is InChI=1S/C14H19NO3/c1-14(2,3)18-13(17)15(10-7-11-16)12-8-5-4-6-9-12/h4-6,8-9,11H,7,10H2,1-3H3. The molecule has 4 nitrogen and oxygen atoms in total. The zero-order chi connectivity index (χ0) is 13.6. The molecular formula is C14H19NO3. The van der Waals surface area contributed by atoms with Crippen LogP contribution in [0.25, 0.3) is 0 Å². The van der Waals surface area contributed by atoms with Gasteiger partial charge in [0.1, 0.15) is 11.9 Å². The van der Waals surface area contributed by atoms with Crippen molar-refractivity contribution < 1.29 is 14.3 Å². The number of amides is 1. The Kier molecular flexibility index (Phi) is 4.89. The van der Waals surface area contributed by atoms with Crippen LogP contribution in [0.3, 0.4) is 0 Å². The number of ether oxygens (including phenoxy) is 1. The van der Waals surface area contributed by atoms with Crippen LogP contribution in [0.1, 0.15) is 27.2 Å². The Balaban J connectivity index is 2.85. The quantitative estimate of drug-likeness (QED) is 0.770. The Hall–Kier alpha value is -1.84. The summed E-state index contributed by atoms with van der Waals surface area (Å²) in [6.45, 7) is 5.76. The lowest BCUT2D eigenvalue weighted by molar-refractivity contribution is -0.107. The fraction of sp³-hybridized carbons (Fsp3) is 0.429. The molecule has 0 aliphatic heterocycles. The van der Waals surface area contributed by atoms with Crippen LogP contribution in [-0.4, -0.2) is 24.5 Å². The van der Waals surface area contributed by atoms with Gasteiger partial charge in [0.05, 0.1) is 0 Å². The topological polar surface area (TPSA) is 46.6 Å². The van der Waals surface area contributed by atoms with Crippen molar-refractivity contribution in [1.82, 2.24) is 0 Å². The van der Waals surface area contributed by atoms with Gasteiger partial charge in [-0.05, 0) is 32.9 Å². The van der Waals surface area contributed by atoms with Crippen molar-refractivity contribution in [3.8, 4) is 0 Å². The second-order valence-corrected chi connectivity index (χ2v) is 4.92. The van der Waals surface area contributed by atoms with Gasteiger partial charge >= 0.3 is 6.09 Å². The first kappa shape index (κ1) is 14.2. The first-order chi connectivity index (χ1) is 8.44. The maximum Gasteiger partial charge on any atom is 0.414 e. The van der Waals surface area contributed by atoms with E-state index in [1.807, 2.05) is 51.1 Å². The Morgan fingerprint density at radius 3 is 2.39 bits per heavy atom. The number of para-hydroxylation sites is 1. The summed E-state index contributed by atoms with van der Waals surface area (Å²) in [5, 5.41) is 0. The molecule has 0 atom stereocenters. The number of anilines is 1. The number of aldehydes is 1. The van der Waals surface area contributed by atoms with Gasteiger partial charge in [0.2, 0.25) is 0 Å². The van der Waals surface area contributed by atoms with Crippen LogP contribution in [0.4, 0.5) is 10.5 Å². The Morgan fingerprint density at radius 1 is 1.28 bits per heavy atom. The molecule has 0 bridgehead atoms. The van der Waals surface area contributed by atoms with E-state index in [1.165, 1.54) is 4.90 Å². The molecule has 98 valence electrons. The van der Waals surface area contributed by atoms with Crippen LogP contribution >= 0.6 is 0 Å². The van der Waals surface area contributed by atoms with Crippen molar-refractivity contribution in [3.63, 3.8) is 0 Å². The van der Waals surface area contributed by atoms with Crippen molar-refractivity contribution in [1.29, 1.82) is 0 Å². The lowest BCUT2D eigenvalue weighted by Gasteiger charge is -2.27. The third kappa shape index (κ3) is 4.57. The van der Waals surface area contributed by atoms with E-state index in [-0.39, 0.29) is 6.42 Å². The Bertz CT molecular complexity index is 395. The van der Waals surface area contributed by atoms with Gasteiger partial charge < -0.3 is 9.53 Å². The number of rotatable bonds is 4. The van der Waals surface area contributed by atoms with E-state index < -0.39 is 11.7 Å². The molecule has 1 aromatic carbocycles. The first-order valence-electron chi connectivity index (χ1n) is 5.93. The summed E-state index contributed by atoms with van der Waals surface area (Å²) < 4.78 is 5.32. The molecule has 0 fully saturated rings. The lowest BCUT2D eigenvalue weighted by atomic mass is 10.2. The number of hydrogen-bond donors (Lipinski definition) is 0. The second kappa shape index (κ2) is 6.19. The highest BCUT2D eigenvalue weighted by molar-refractivity contribution is 5.88. The summed E-state index contributed by atoms with van der Waals surface area (Å²) in [5.41, 5.74) is 0.180. The Morgan fingerprint density at radius 2 is 1.89 bits per heavy atom. The zero-order valence-electron chi connectivity index (χ0n) is 11.1. The van der Waals surface area contributed by atoms with Crippen molar-refractivity contribution in [2.75, 3.05) is 11.4 Å². The summed E-state index contributed by atoms with van der Waals surface area (Å²) in [4.78, 5) is 24.0. The molecule has 1 aromatic rings. The smallest absolute Gasteiger partial charge is 0.414 e. The molecule has 0 saturated heterocycles. The van der Waals surface area contributed by atoms with Crippen molar-refractivity contribution in [3.05, 3.63) is 30.3 Å². The molecule has 1 rings (SSSR count). The average molecular weight is 249 g/mol. The number of nitrogens with zero attached hydrogens (tertiary/aromatic N) is 1. The molecule has 0 aromatic heterocycles. The maximum atomic E-state index is 12.1. The third-order valence-corrected chi connectivity index (χ3v) is 2.15. The summed E-state index contributed by atoms with van der Waals surface area (Å²) in [7, 11) is 0. The van der Waals surface area contributed by atoms with Crippen LogP contribution in [0.15, 0.2) is 30.3 Å². The van der Waals surface area contributed by atoms with E-state index >= 15 is 0 Å². The highest BCUT2D eigenvalue weighted by Crippen LogP contribution is 2.17. The molecule has 0 radical (unpaired) electrons. The van der Waals surface area contributed by atoms with E-state index in [4.69, 9.17) is 4.74 Å². The normalized spacial score (nSPS) is 10.8. The van der Waals surface area contributed by atoms with Gasteiger partial charge in [-0.25, -0.2) is 4.79 Å². The maximum absolute atomic E-state index is 12.1. The second-order valence-electron chi connectivity index (χ2n) is 4.92. The molecule has 0 spiro atoms. The molecule has 0 N–H and O–H groups in total. The largest absolute Gasteiger partial charge is 0.443 e. The van der Waals surface area contributed by atoms with E-state index in [2.05, 4.69) is 0 Å². The average Bonchev–Trinajstić information content (AvgIpc) is 2.28. The minimum atomic E-state index is -0.550. The fourth-order valence-corrected chi connectivity index (χ4v) is 1.43. The number of benzene rings is 1. The van der Waals surface area contributed by atoms with Gasteiger partial charge in [-0.15, -0.1) is 0 Å². The molecule has 4 heteroatoms. The van der Waals surface area contributed by atoms with E-state index in [9.17, 15) is 9.59 Å². The van der Waals surface area contributed by atoms with Crippen molar-refractivity contribution in [2.24, 2.45) is 0 Å². The van der Waals surface area contributed by atoms with Gasteiger partial charge in [-0.2, -0.15) is 0 Å². The predicted octanol–water partition coefficient (Wildman–Crippen LogP) is 3.02. The van der Waals surface area contributed by atoms with Gasteiger partial charge in [-0.1, -0.05) is 18.2 Å². The monoisotopic (exact) mass is 249 g/mol. The molecule has 0 saturated carbocycles. The van der Waals surface area contributed by atoms with Crippen LogP contribution in [0.2, 0.25) is 0 Å². The van der Waals surface area contributed by atoms with Crippen molar-refractivity contribution >= 4 is 18.1 Å². The van der Waals surface area contributed by atoms with Gasteiger partial charge in [-0.3, -0.25) is 4.90 Å². The minimum Gasteiger partial charge on any atom is -0.443 e. The molecule has 0 aliphatic carbocycles. The minimum absolute atomic E-state index is 0.286. The molecule has 18 heavy (non-hydrogen) atoms. The van der Waals surface area contributed by atoms with Crippen LogP contribution in [0.5, 0.6) is 0 Å². The highest BCUT2D eigenvalue weighted by Gasteiger charge is 2.22. The van der Waals surface area contributed by atoms with E-state index in [0.29, 0.717) is 6.54 Å². The van der Waals surface area contributed by atoms with Gasteiger partial charge in [0, 0.05) is 18.7 Å².